The van der Waals surface area contributed by atoms with Crippen LogP contribution in [0.3, 0.4) is 0 Å². The number of hydrogen-bond donors (Lipinski definition) is 2. The molecule has 1 aliphatic heterocycles. The first-order chi connectivity index (χ1) is 16.7. The Labute approximate surface area is 204 Å². The van der Waals surface area contributed by atoms with Gasteiger partial charge in [-0.2, -0.15) is 18.3 Å². The quantitative estimate of drug-likeness (QED) is 0.545. The molecular weight excluding hydrogens is 479 g/mol. The Hall–Kier alpha value is -3.74. The molecule has 1 radical (unpaired) electrons. The van der Waals surface area contributed by atoms with Gasteiger partial charge in [-0.1, -0.05) is 20.8 Å². The van der Waals surface area contributed by atoms with Gasteiger partial charge < -0.3 is 15.5 Å². The molecule has 3 aromatic rings. The lowest BCUT2D eigenvalue weighted by Crippen LogP contribution is -2.33. The van der Waals surface area contributed by atoms with E-state index >= 15 is 0 Å². The zero-order valence-electron chi connectivity index (χ0n) is 20.1. The monoisotopic (exact) mass is 504 g/mol. The van der Waals surface area contributed by atoms with E-state index in [1.807, 2.05) is 0 Å². The number of nitrogens with zero attached hydrogens (tertiary/aromatic N) is 5. The van der Waals surface area contributed by atoms with Crippen molar-refractivity contribution in [2.24, 2.45) is 18.2 Å². The normalized spacial score (nSPS) is 16.8. The molecule has 4 heterocycles. The summed E-state index contributed by atoms with van der Waals surface area (Å²) in [6, 6.07) is 2.33. The second kappa shape index (κ2) is 9.04. The van der Waals surface area contributed by atoms with E-state index < -0.39 is 23.4 Å². The van der Waals surface area contributed by atoms with E-state index in [4.69, 9.17) is 10.2 Å². The van der Waals surface area contributed by atoms with Gasteiger partial charge in [-0.15, -0.1) is 0 Å². The van der Waals surface area contributed by atoms with Crippen molar-refractivity contribution in [2.45, 2.75) is 39.4 Å². The summed E-state index contributed by atoms with van der Waals surface area (Å²) in [7, 11) is 1.64. The average molecular weight is 504 g/mol. The molecule has 13 heteroatoms. The first kappa shape index (κ1) is 25.4. The number of alkyl halides is 3. The SMILES string of the molecule is Cn1cc(NC(=O)c2coc(-c3ccnc([C](C(C)(C)C)C(F)(F)F)c3)n2)c(N2C[C@@H](N)CC2=O)n1. The fraction of sp³-hybridized carbons (Fsp3) is 0.391. The molecule has 1 fully saturated rings. The van der Waals surface area contributed by atoms with Crippen LogP contribution >= 0.6 is 0 Å². The number of pyridine rings is 1. The summed E-state index contributed by atoms with van der Waals surface area (Å²) in [6.45, 7) is 4.62. The first-order valence-electron chi connectivity index (χ1n) is 11.0. The fourth-order valence-electron chi connectivity index (χ4n) is 4.06. The predicted octanol–water partition coefficient (Wildman–Crippen LogP) is 3.32. The highest BCUT2D eigenvalue weighted by atomic mass is 19.4. The van der Waals surface area contributed by atoms with Gasteiger partial charge in [-0.3, -0.25) is 24.2 Å². The van der Waals surface area contributed by atoms with Gasteiger partial charge in [0.15, 0.2) is 11.5 Å². The topological polar surface area (TPSA) is 132 Å². The number of amides is 2. The van der Waals surface area contributed by atoms with Gasteiger partial charge in [-0.05, 0) is 17.5 Å². The Morgan fingerprint density at radius 3 is 2.58 bits per heavy atom. The second-order valence-electron chi connectivity index (χ2n) is 9.55. The summed E-state index contributed by atoms with van der Waals surface area (Å²) in [5, 5.41) is 6.90. The number of nitrogens with one attached hydrogen (secondary N) is 1. The number of anilines is 2. The van der Waals surface area contributed by atoms with E-state index in [1.54, 1.807) is 7.05 Å². The van der Waals surface area contributed by atoms with Crippen LogP contribution in [0.15, 0.2) is 35.2 Å². The molecule has 0 aliphatic carbocycles. The van der Waals surface area contributed by atoms with E-state index in [2.05, 4.69) is 20.4 Å². The number of nitrogens with two attached hydrogens (primary N) is 1. The third kappa shape index (κ3) is 5.10. The summed E-state index contributed by atoms with van der Waals surface area (Å²) in [6.07, 6.45) is -0.566. The number of aryl methyl sites for hydroxylation is 1. The molecule has 1 saturated heterocycles. The van der Waals surface area contributed by atoms with Crippen molar-refractivity contribution in [2.75, 3.05) is 16.8 Å². The van der Waals surface area contributed by atoms with E-state index in [0.29, 0.717) is 0 Å². The lowest BCUT2D eigenvalue weighted by Gasteiger charge is -2.31. The van der Waals surface area contributed by atoms with Crippen molar-refractivity contribution < 1.29 is 27.2 Å². The zero-order valence-corrected chi connectivity index (χ0v) is 20.1. The molecule has 0 aromatic carbocycles. The number of hydrogen-bond acceptors (Lipinski definition) is 7. The van der Waals surface area contributed by atoms with E-state index in [0.717, 1.165) is 6.26 Å². The van der Waals surface area contributed by atoms with Crippen molar-refractivity contribution in [3.63, 3.8) is 0 Å². The Morgan fingerprint density at radius 2 is 1.97 bits per heavy atom. The number of aromatic nitrogens is 4. The van der Waals surface area contributed by atoms with Crippen LogP contribution in [0.2, 0.25) is 0 Å². The van der Waals surface area contributed by atoms with Crippen LogP contribution in [0, 0.1) is 11.3 Å². The molecule has 4 rings (SSSR count). The van der Waals surface area contributed by atoms with Crippen LogP contribution < -0.4 is 16.0 Å². The van der Waals surface area contributed by atoms with E-state index in [9.17, 15) is 22.8 Å². The van der Waals surface area contributed by atoms with E-state index in [-0.39, 0.29) is 59.3 Å². The zero-order chi connectivity index (χ0) is 26.4. The predicted molar refractivity (Wildman–Crippen MR) is 124 cm³/mol. The Morgan fingerprint density at radius 1 is 1.25 bits per heavy atom. The van der Waals surface area contributed by atoms with Crippen molar-refractivity contribution in [1.29, 1.82) is 0 Å². The maximum absolute atomic E-state index is 13.7. The number of carbonyl (C=O) groups is 2. The van der Waals surface area contributed by atoms with Gasteiger partial charge in [0, 0.05) is 37.8 Å². The number of carbonyl (C=O) groups excluding carboxylic acids is 2. The van der Waals surface area contributed by atoms with Gasteiger partial charge in [0.05, 0.1) is 11.9 Å². The average Bonchev–Trinajstić information content (AvgIpc) is 3.44. The van der Waals surface area contributed by atoms with Crippen molar-refractivity contribution in [3.05, 3.63) is 48.1 Å². The molecule has 2 amide bonds. The van der Waals surface area contributed by atoms with Crippen LogP contribution in [0.1, 0.15) is 43.4 Å². The van der Waals surface area contributed by atoms with Crippen molar-refractivity contribution >= 4 is 23.3 Å². The third-order valence-corrected chi connectivity index (χ3v) is 5.50. The lowest BCUT2D eigenvalue weighted by atomic mass is 9.78. The maximum atomic E-state index is 13.7. The van der Waals surface area contributed by atoms with Gasteiger partial charge in [-0.25, -0.2) is 4.98 Å². The highest BCUT2D eigenvalue weighted by Gasteiger charge is 2.49. The van der Waals surface area contributed by atoms with Crippen LogP contribution in [0.5, 0.6) is 0 Å². The lowest BCUT2D eigenvalue weighted by molar-refractivity contribution is -0.124. The molecule has 0 unspecified atom stereocenters. The van der Waals surface area contributed by atoms with Crippen molar-refractivity contribution in [1.82, 2.24) is 19.7 Å². The van der Waals surface area contributed by atoms with Gasteiger partial charge >= 0.3 is 6.18 Å². The highest BCUT2D eigenvalue weighted by Crippen LogP contribution is 2.45. The molecule has 10 nitrogen and oxygen atoms in total. The molecule has 1 aliphatic rings. The fourth-order valence-corrected chi connectivity index (χ4v) is 4.06. The molecule has 191 valence electrons. The molecule has 1 atom stereocenters. The Balaban J connectivity index is 1.57. The molecule has 3 aromatic heterocycles. The summed E-state index contributed by atoms with van der Waals surface area (Å²) in [4.78, 5) is 34.5. The minimum atomic E-state index is -4.59. The molecule has 3 N–H and O–H groups in total. The molecular formula is C23H25F3N7O3. The van der Waals surface area contributed by atoms with E-state index in [1.165, 1.54) is 54.9 Å². The minimum Gasteiger partial charge on any atom is -0.444 e. The number of rotatable bonds is 5. The smallest absolute Gasteiger partial charge is 0.401 e. The van der Waals surface area contributed by atoms with Gasteiger partial charge in [0.25, 0.3) is 5.91 Å². The molecule has 0 spiro atoms. The largest absolute Gasteiger partial charge is 0.444 e. The number of halogens is 3. The first-order valence-corrected chi connectivity index (χ1v) is 11.0. The van der Waals surface area contributed by atoms with Gasteiger partial charge in [0.1, 0.15) is 17.9 Å². The molecule has 0 bridgehead atoms. The van der Waals surface area contributed by atoms with Crippen LogP contribution in [0.4, 0.5) is 24.7 Å². The third-order valence-electron chi connectivity index (χ3n) is 5.50. The summed E-state index contributed by atoms with van der Waals surface area (Å²) in [5.41, 5.74) is 4.77. The summed E-state index contributed by atoms with van der Waals surface area (Å²) >= 11 is 0. The van der Waals surface area contributed by atoms with Crippen LogP contribution in [0.25, 0.3) is 11.5 Å². The minimum absolute atomic E-state index is 0.0497. The Kier molecular flexibility index (Phi) is 6.37. The Bertz CT molecular complexity index is 1280. The van der Waals surface area contributed by atoms with Crippen molar-refractivity contribution in [3.8, 4) is 11.5 Å². The van der Waals surface area contributed by atoms with Crippen LogP contribution in [-0.2, 0) is 11.8 Å². The molecule has 0 saturated carbocycles. The summed E-state index contributed by atoms with van der Waals surface area (Å²) in [5.74, 6) is -1.45. The number of oxazole rings is 1. The van der Waals surface area contributed by atoms with Gasteiger partial charge in [0.2, 0.25) is 11.8 Å². The standard InChI is InChI=1S/C23H25F3N7O3/c1-22(2,3)18(23(24,25)26)14-7-12(5-6-28-14)21-30-16(11-36-21)20(35)29-15-10-32(4)31-19(15)33-9-13(27)8-17(33)34/h5-7,10-11,13H,8-9,27H2,1-4H3,(H,29,35)/t13-/m0/s1. The summed E-state index contributed by atoms with van der Waals surface area (Å²) < 4.78 is 48.0. The van der Waals surface area contributed by atoms with Crippen LogP contribution in [-0.4, -0.2) is 50.3 Å². The molecule has 36 heavy (non-hydrogen) atoms. The second-order valence-corrected chi connectivity index (χ2v) is 9.55. The maximum Gasteiger partial charge on any atom is 0.401 e. The highest BCUT2D eigenvalue weighted by molar-refractivity contribution is 6.06.